The molecule has 1 aliphatic rings. The molecule has 1 saturated carbocycles. The first kappa shape index (κ1) is 10.6. The van der Waals surface area contributed by atoms with Crippen LogP contribution in [0, 0.1) is 5.92 Å². The smallest absolute Gasteiger partial charge is 0.254 e. The summed E-state index contributed by atoms with van der Waals surface area (Å²) >= 11 is 3.27. The highest BCUT2D eigenvalue weighted by Crippen LogP contribution is 2.32. The van der Waals surface area contributed by atoms with Crippen LogP contribution in [0.3, 0.4) is 0 Å². The first-order chi connectivity index (χ1) is 7.18. The molecule has 0 aromatic carbocycles. The van der Waals surface area contributed by atoms with Crippen molar-refractivity contribution in [2.24, 2.45) is 5.92 Å². The molecule has 1 N–H and O–H groups in total. The van der Waals surface area contributed by atoms with E-state index in [9.17, 15) is 4.79 Å². The molecule has 1 unspecified atom stereocenters. The summed E-state index contributed by atoms with van der Waals surface area (Å²) in [6, 6.07) is 3.80. The van der Waals surface area contributed by atoms with Gasteiger partial charge in [-0.05, 0) is 53.7 Å². The van der Waals surface area contributed by atoms with Crippen molar-refractivity contribution in [3.05, 3.63) is 28.5 Å². The third-order valence-corrected chi connectivity index (χ3v) is 3.32. The molecule has 1 aliphatic carbocycles. The SMILES string of the molecule is CC(NC(=O)c1cccnc1Br)C1CC1. The van der Waals surface area contributed by atoms with Gasteiger partial charge in [0.2, 0.25) is 0 Å². The van der Waals surface area contributed by atoms with Crippen LogP contribution in [0.5, 0.6) is 0 Å². The lowest BCUT2D eigenvalue weighted by molar-refractivity contribution is 0.0934. The highest BCUT2D eigenvalue weighted by Gasteiger charge is 2.29. The van der Waals surface area contributed by atoms with E-state index in [1.807, 2.05) is 0 Å². The van der Waals surface area contributed by atoms with Crippen LogP contribution in [0.1, 0.15) is 30.1 Å². The van der Waals surface area contributed by atoms with E-state index in [0.717, 1.165) is 0 Å². The van der Waals surface area contributed by atoms with Crippen molar-refractivity contribution >= 4 is 21.8 Å². The van der Waals surface area contributed by atoms with Crippen molar-refractivity contribution in [1.29, 1.82) is 0 Å². The topological polar surface area (TPSA) is 42.0 Å². The van der Waals surface area contributed by atoms with Gasteiger partial charge in [0.15, 0.2) is 0 Å². The maximum atomic E-state index is 11.8. The molecule has 1 amide bonds. The Morgan fingerprint density at radius 2 is 2.40 bits per heavy atom. The molecule has 0 saturated heterocycles. The van der Waals surface area contributed by atoms with Gasteiger partial charge in [0.25, 0.3) is 5.91 Å². The molecule has 80 valence electrons. The van der Waals surface area contributed by atoms with Crippen LogP contribution in [0.2, 0.25) is 0 Å². The number of hydrogen-bond acceptors (Lipinski definition) is 2. The zero-order valence-corrected chi connectivity index (χ0v) is 10.1. The molecule has 0 radical (unpaired) electrons. The summed E-state index contributed by atoms with van der Waals surface area (Å²) in [6.45, 7) is 2.06. The molecular formula is C11H13BrN2O. The Labute approximate surface area is 97.4 Å². The van der Waals surface area contributed by atoms with Crippen LogP contribution in [0.25, 0.3) is 0 Å². The minimum absolute atomic E-state index is 0.0469. The van der Waals surface area contributed by atoms with Crippen LogP contribution in [-0.4, -0.2) is 16.9 Å². The maximum absolute atomic E-state index is 11.8. The second-order valence-electron chi connectivity index (χ2n) is 3.94. The van der Waals surface area contributed by atoms with Crippen LogP contribution in [-0.2, 0) is 0 Å². The highest BCUT2D eigenvalue weighted by molar-refractivity contribution is 9.10. The van der Waals surface area contributed by atoms with E-state index in [1.165, 1.54) is 12.8 Å². The van der Waals surface area contributed by atoms with Crippen molar-refractivity contribution in [3.63, 3.8) is 0 Å². The molecule has 1 aromatic rings. The van der Waals surface area contributed by atoms with Crippen LogP contribution in [0.15, 0.2) is 22.9 Å². The zero-order chi connectivity index (χ0) is 10.8. The highest BCUT2D eigenvalue weighted by atomic mass is 79.9. The number of pyridine rings is 1. The first-order valence-electron chi connectivity index (χ1n) is 5.10. The second kappa shape index (κ2) is 4.31. The quantitative estimate of drug-likeness (QED) is 0.856. The summed E-state index contributed by atoms with van der Waals surface area (Å²) in [5.74, 6) is 0.624. The number of rotatable bonds is 3. The van der Waals surface area contributed by atoms with Gasteiger partial charge in [0.05, 0.1) is 5.56 Å². The average molecular weight is 269 g/mol. The van der Waals surface area contributed by atoms with Crippen molar-refractivity contribution in [3.8, 4) is 0 Å². The average Bonchev–Trinajstić information content (AvgIpc) is 3.01. The third-order valence-electron chi connectivity index (χ3n) is 2.69. The second-order valence-corrected chi connectivity index (χ2v) is 4.69. The molecule has 0 spiro atoms. The fourth-order valence-corrected chi connectivity index (χ4v) is 1.98. The molecule has 2 rings (SSSR count). The fraction of sp³-hybridized carbons (Fsp3) is 0.455. The summed E-state index contributed by atoms with van der Waals surface area (Å²) in [4.78, 5) is 15.9. The largest absolute Gasteiger partial charge is 0.349 e. The Balaban J connectivity index is 2.04. The normalized spacial score (nSPS) is 17.2. The zero-order valence-electron chi connectivity index (χ0n) is 8.53. The Kier molecular flexibility index (Phi) is 3.05. The Morgan fingerprint density at radius 3 is 3.00 bits per heavy atom. The number of aromatic nitrogens is 1. The van der Waals surface area contributed by atoms with Gasteiger partial charge in [0, 0.05) is 12.2 Å². The fourth-order valence-electron chi connectivity index (χ4n) is 1.55. The summed E-state index contributed by atoms with van der Waals surface area (Å²) in [6.07, 6.45) is 4.12. The van der Waals surface area contributed by atoms with Crippen LogP contribution >= 0.6 is 15.9 Å². The van der Waals surface area contributed by atoms with Gasteiger partial charge in [0.1, 0.15) is 4.60 Å². The number of carbonyl (C=O) groups excluding carboxylic acids is 1. The number of amides is 1. The van der Waals surface area contributed by atoms with Crippen LogP contribution < -0.4 is 5.32 Å². The van der Waals surface area contributed by atoms with Crippen molar-refractivity contribution in [2.75, 3.05) is 0 Å². The number of nitrogens with zero attached hydrogens (tertiary/aromatic N) is 1. The Bertz CT molecular complexity index is 377. The number of nitrogens with one attached hydrogen (secondary N) is 1. The van der Waals surface area contributed by atoms with E-state index in [-0.39, 0.29) is 11.9 Å². The van der Waals surface area contributed by atoms with E-state index in [1.54, 1.807) is 18.3 Å². The van der Waals surface area contributed by atoms with E-state index in [4.69, 9.17) is 0 Å². The van der Waals surface area contributed by atoms with Gasteiger partial charge in [-0.2, -0.15) is 0 Å². The van der Waals surface area contributed by atoms with E-state index < -0.39 is 0 Å². The molecule has 4 heteroatoms. The predicted molar refractivity (Wildman–Crippen MR) is 61.6 cm³/mol. The summed E-state index contributed by atoms with van der Waals surface area (Å²) < 4.78 is 0.602. The van der Waals surface area contributed by atoms with Gasteiger partial charge >= 0.3 is 0 Å². The van der Waals surface area contributed by atoms with Crippen LogP contribution in [0.4, 0.5) is 0 Å². The van der Waals surface area contributed by atoms with E-state index in [2.05, 4.69) is 33.2 Å². The molecular weight excluding hydrogens is 256 g/mol. The lowest BCUT2D eigenvalue weighted by Crippen LogP contribution is -2.34. The minimum atomic E-state index is -0.0469. The lowest BCUT2D eigenvalue weighted by atomic mass is 10.2. The molecule has 1 atom stereocenters. The monoisotopic (exact) mass is 268 g/mol. The lowest BCUT2D eigenvalue weighted by Gasteiger charge is -2.12. The summed E-state index contributed by atoms with van der Waals surface area (Å²) in [5.41, 5.74) is 0.602. The van der Waals surface area contributed by atoms with Gasteiger partial charge in [-0.25, -0.2) is 4.98 Å². The first-order valence-corrected chi connectivity index (χ1v) is 5.89. The van der Waals surface area contributed by atoms with E-state index in [0.29, 0.717) is 16.1 Å². The van der Waals surface area contributed by atoms with Crippen molar-refractivity contribution in [1.82, 2.24) is 10.3 Å². The molecule has 15 heavy (non-hydrogen) atoms. The number of carbonyl (C=O) groups is 1. The predicted octanol–water partition coefficient (Wildman–Crippen LogP) is 2.37. The van der Waals surface area contributed by atoms with Gasteiger partial charge in [-0.3, -0.25) is 4.79 Å². The molecule has 3 nitrogen and oxygen atoms in total. The Hall–Kier alpha value is -0.900. The summed E-state index contributed by atoms with van der Waals surface area (Å²) in [7, 11) is 0. The molecule has 1 heterocycles. The maximum Gasteiger partial charge on any atom is 0.254 e. The van der Waals surface area contributed by atoms with E-state index >= 15 is 0 Å². The number of halogens is 1. The molecule has 1 fully saturated rings. The molecule has 0 aliphatic heterocycles. The molecule has 0 bridgehead atoms. The third kappa shape index (κ3) is 2.56. The van der Waals surface area contributed by atoms with Crippen molar-refractivity contribution in [2.45, 2.75) is 25.8 Å². The van der Waals surface area contributed by atoms with Gasteiger partial charge < -0.3 is 5.32 Å². The number of hydrogen-bond donors (Lipinski definition) is 1. The van der Waals surface area contributed by atoms with Crippen molar-refractivity contribution < 1.29 is 4.79 Å². The Morgan fingerprint density at radius 1 is 1.67 bits per heavy atom. The minimum Gasteiger partial charge on any atom is -0.349 e. The standard InChI is InChI=1S/C11H13BrN2O/c1-7(8-4-5-8)14-11(15)9-3-2-6-13-10(9)12/h2-3,6-8H,4-5H2,1H3,(H,14,15). The van der Waals surface area contributed by atoms with Gasteiger partial charge in [-0.15, -0.1) is 0 Å². The van der Waals surface area contributed by atoms with Gasteiger partial charge in [-0.1, -0.05) is 0 Å². The molecule has 1 aromatic heterocycles. The summed E-state index contributed by atoms with van der Waals surface area (Å²) in [5, 5.41) is 2.99.